The second-order valence-electron chi connectivity index (χ2n) is 7.88. The minimum atomic E-state index is -0.117. The summed E-state index contributed by atoms with van der Waals surface area (Å²) in [5.74, 6) is 0.820. The smallest absolute Gasteiger partial charge is 0.153 e. The second-order valence-corrected chi connectivity index (χ2v) is 7.88. The van der Waals surface area contributed by atoms with Crippen LogP contribution in [0.25, 0.3) is 22.2 Å². The molecule has 26 heavy (non-hydrogen) atoms. The van der Waals surface area contributed by atoms with Gasteiger partial charge < -0.3 is 10.0 Å². The van der Waals surface area contributed by atoms with Crippen molar-refractivity contribution in [3.8, 4) is 11.3 Å². The van der Waals surface area contributed by atoms with E-state index >= 15 is 0 Å². The zero-order chi connectivity index (χ0) is 18.3. The molecular formula is C20H25N5O. The van der Waals surface area contributed by atoms with Crippen molar-refractivity contribution in [2.45, 2.75) is 40.2 Å². The van der Waals surface area contributed by atoms with Crippen LogP contribution in [-0.2, 0) is 6.61 Å². The Labute approximate surface area is 153 Å². The largest absolute Gasteiger partial charge is 0.390 e. The minimum Gasteiger partial charge on any atom is -0.390 e. The van der Waals surface area contributed by atoms with Crippen LogP contribution in [0.3, 0.4) is 0 Å². The van der Waals surface area contributed by atoms with Crippen LogP contribution in [0, 0.1) is 12.3 Å². The number of aliphatic hydroxyl groups is 1. The molecule has 4 rings (SSSR count). The Hall–Kier alpha value is -2.47. The standard InChI is InChI=1S/C20H25N5O/c1-13-17(15-6-4-5-14-11-21-24-18(14)15)23-16(12-26)19(22-13)25-9-7-20(2,3)8-10-25/h4-6,11,26H,7-10,12H2,1-3H3,(H,21,24). The Balaban J connectivity index is 1.76. The number of nitrogens with zero attached hydrogens (tertiary/aromatic N) is 4. The van der Waals surface area contributed by atoms with Crippen LogP contribution >= 0.6 is 0 Å². The van der Waals surface area contributed by atoms with Gasteiger partial charge in [0.2, 0.25) is 0 Å². The van der Waals surface area contributed by atoms with Crippen LogP contribution in [-0.4, -0.2) is 38.4 Å². The van der Waals surface area contributed by atoms with Crippen LogP contribution in [0.5, 0.6) is 0 Å². The van der Waals surface area contributed by atoms with Gasteiger partial charge in [-0.25, -0.2) is 9.97 Å². The maximum atomic E-state index is 9.94. The molecule has 0 unspecified atom stereocenters. The second kappa shape index (κ2) is 6.36. The summed E-state index contributed by atoms with van der Waals surface area (Å²) in [6.07, 6.45) is 4.04. The molecule has 136 valence electrons. The number of H-pyrrole nitrogens is 1. The summed E-state index contributed by atoms with van der Waals surface area (Å²) in [6, 6.07) is 6.03. The van der Waals surface area contributed by atoms with E-state index in [1.807, 2.05) is 25.1 Å². The number of hydrogen-bond donors (Lipinski definition) is 2. The first kappa shape index (κ1) is 17.0. The molecule has 6 heteroatoms. The monoisotopic (exact) mass is 351 g/mol. The topological polar surface area (TPSA) is 77.9 Å². The van der Waals surface area contributed by atoms with Gasteiger partial charge in [-0.3, -0.25) is 5.10 Å². The number of para-hydroxylation sites is 1. The molecule has 1 aliphatic heterocycles. The van der Waals surface area contributed by atoms with E-state index in [0.29, 0.717) is 11.1 Å². The molecule has 1 saturated heterocycles. The summed E-state index contributed by atoms with van der Waals surface area (Å²) in [5, 5.41) is 18.2. The van der Waals surface area contributed by atoms with Crippen LogP contribution < -0.4 is 4.90 Å². The molecule has 2 N–H and O–H groups in total. The fourth-order valence-electron chi connectivity index (χ4n) is 3.65. The van der Waals surface area contributed by atoms with Gasteiger partial charge in [-0.1, -0.05) is 32.0 Å². The number of aromatic amines is 1. The Morgan fingerprint density at radius 3 is 2.69 bits per heavy atom. The lowest BCUT2D eigenvalue weighted by Crippen LogP contribution is -2.38. The van der Waals surface area contributed by atoms with E-state index in [1.54, 1.807) is 6.20 Å². The van der Waals surface area contributed by atoms with Crippen molar-refractivity contribution >= 4 is 16.7 Å². The summed E-state index contributed by atoms with van der Waals surface area (Å²) in [5.41, 5.74) is 4.58. The molecule has 0 bridgehead atoms. The van der Waals surface area contributed by atoms with Gasteiger partial charge in [-0.2, -0.15) is 5.10 Å². The Morgan fingerprint density at radius 1 is 1.19 bits per heavy atom. The highest BCUT2D eigenvalue weighted by atomic mass is 16.3. The number of aryl methyl sites for hydroxylation is 1. The molecule has 2 aromatic heterocycles. The fraction of sp³-hybridized carbons (Fsp3) is 0.450. The first-order chi connectivity index (χ1) is 12.5. The lowest BCUT2D eigenvalue weighted by Gasteiger charge is -2.38. The summed E-state index contributed by atoms with van der Waals surface area (Å²) >= 11 is 0. The summed E-state index contributed by atoms with van der Waals surface area (Å²) in [4.78, 5) is 11.9. The van der Waals surface area contributed by atoms with Crippen molar-refractivity contribution in [2.24, 2.45) is 5.41 Å². The molecule has 3 aromatic rings. The SMILES string of the molecule is Cc1nc(N2CCC(C)(C)CC2)c(CO)nc1-c1cccc2cn[nH]c12. The van der Waals surface area contributed by atoms with Crippen LogP contribution in [0.2, 0.25) is 0 Å². The van der Waals surface area contributed by atoms with Gasteiger partial charge in [0.1, 0.15) is 5.69 Å². The van der Waals surface area contributed by atoms with Crippen LogP contribution in [0.1, 0.15) is 38.1 Å². The molecule has 0 radical (unpaired) electrons. The van der Waals surface area contributed by atoms with E-state index in [-0.39, 0.29) is 6.61 Å². The minimum absolute atomic E-state index is 0.117. The molecule has 1 fully saturated rings. The van der Waals surface area contributed by atoms with E-state index in [1.165, 1.54) is 0 Å². The van der Waals surface area contributed by atoms with E-state index in [0.717, 1.165) is 59.6 Å². The van der Waals surface area contributed by atoms with E-state index in [2.05, 4.69) is 28.9 Å². The van der Waals surface area contributed by atoms with Crippen molar-refractivity contribution < 1.29 is 5.11 Å². The lowest BCUT2D eigenvalue weighted by atomic mass is 9.82. The highest BCUT2D eigenvalue weighted by molar-refractivity contribution is 5.92. The zero-order valence-electron chi connectivity index (χ0n) is 15.6. The number of benzene rings is 1. The number of hydrogen-bond acceptors (Lipinski definition) is 5. The highest BCUT2D eigenvalue weighted by Crippen LogP contribution is 2.34. The van der Waals surface area contributed by atoms with E-state index < -0.39 is 0 Å². The van der Waals surface area contributed by atoms with Gasteiger partial charge in [0.05, 0.1) is 29.7 Å². The van der Waals surface area contributed by atoms with Gasteiger partial charge in [0.15, 0.2) is 5.82 Å². The highest BCUT2D eigenvalue weighted by Gasteiger charge is 2.28. The lowest BCUT2D eigenvalue weighted by molar-refractivity contribution is 0.268. The molecule has 3 heterocycles. The zero-order valence-corrected chi connectivity index (χ0v) is 15.6. The Kier molecular flexibility index (Phi) is 4.15. The summed E-state index contributed by atoms with van der Waals surface area (Å²) in [7, 11) is 0. The Bertz CT molecular complexity index is 937. The van der Waals surface area contributed by atoms with Crippen molar-refractivity contribution in [1.82, 2.24) is 20.2 Å². The van der Waals surface area contributed by atoms with Crippen molar-refractivity contribution in [3.63, 3.8) is 0 Å². The molecule has 1 aliphatic rings. The number of nitrogens with one attached hydrogen (secondary N) is 1. The normalized spacial score (nSPS) is 17.0. The van der Waals surface area contributed by atoms with Crippen LogP contribution in [0.15, 0.2) is 24.4 Å². The number of fused-ring (bicyclic) bond motifs is 1. The maximum Gasteiger partial charge on any atom is 0.153 e. The number of aromatic nitrogens is 4. The third kappa shape index (κ3) is 2.94. The van der Waals surface area contributed by atoms with Crippen molar-refractivity contribution in [2.75, 3.05) is 18.0 Å². The van der Waals surface area contributed by atoms with Crippen LogP contribution in [0.4, 0.5) is 5.82 Å². The molecule has 0 spiro atoms. The van der Waals surface area contributed by atoms with E-state index in [4.69, 9.17) is 9.97 Å². The Morgan fingerprint density at radius 2 is 1.96 bits per heavy atom. The number of rotatable bonds is 3. The molecule has 6 nitrogen and oxygen atoms in total. The fourth-order valence-corrected chi connectivity index (χ4v) is 3.65. The number of anilines is 1. The van der Waals surface area contributed by atoms with Gasteiger partial charge in [0, 0.05) is 24.0 Å². The number of piperidine rings is 1. The molecule has 1 aromatic carbocycles. The van der Waals surface area contributed by atoms with Gasteiger partial charge >= 0.3 is 0 Å². The molecule has 0 saturated carbocycles. The maximum absolute atomic E-state index is 9.94. The van der Waals surface area contributed by atoms with Crippen molar-refractivity contribution in [3.05, 3.63) is 35.8 Å². The average Bonchev–Trinajstić information content (AvgIpc) is 3.10. The quantitative estimate of drug-likeness (QED) is 0.756. The molecule has 0 amide bonds. The van der Waals surface area contributed by atoms with Gasteiger partial charge in [-0.15, -0.1) is 0 Å². The van der Waals surface area contributed by atoms with Gasteiger partial charge in [-0.05, 0) is 25.2 Å². The molecule has 0 atom stereocenters. The predicted molar refractivity (Wildman–Crippen MR) is 103 cm³/mol. The first-order valence-electron chi connectivity index (χ1n) is 9.14. The third-order valence-corrected chi connectivity index (χ3v) is 5.42. The first-order valence-corrected chi connectivity index (χ1v) is 9.14. The van der Waals surface area contributed by atoms with E-state index in [9.17, 15) is 5.11 Å². The predicted octanol–water partition coefficient (Wildman–Crippen LogP) is 3.45. The van der Waals surface area contributed by atoms with Gasteiger partial charge in [0.25, 0.3) is 0 Å². The molecular weight excluding hydrogens is 326 g/mol. The summed E-state index contributed by atoms with van der Waals surface area (Å²) < 4.78 is 0. The summed E-state index contributed by atoms with van der Waals surface area (Å²) in [6.45, 7) is 8.38. The third-order valence-electron chi connectivity index (χ3n) is 5.42. The molecule has 0 aliphatic carbocycles. The average molecular weight is 351 g/mol. The number of aliphatic hydroxyl groups excluding tert-OH is 1. The van der Waals surface area contributed by atoms with Crippen molar-refractivity contribution in [1.29, 1.82) is 0 Å².